The Kier molecular flexibility index (Phi) is 7.13. The number of carbonyl (C=O) groups excluding carboxylic acids is 1. The number of aromatic nitrogens is 3. The second-order valence-corrected chi connectivity index (χ2v) is 7.88. The molecule has 1 unspecified atom stereocenters. The lowest BCUT2D eigenvalue weighted by Gasteiger charge is -2.16. The fraction of sp³-hybridized carbons (Fsp3) is 0.200. The zero-order valence-electron chi connectivity index (χ0n) is 16.7. The van der Waals surface area contributed by atoms with Crippen LogP contribution in [-0.2, 0) is 16.7 Å². The summed E-state index contributed by atoms with van der Waals surface area (Å²) in [5.41, 5.74) is 5.00. The van der Waals surface area contributed by atoms with Gasteiger partial charge in [0.2, 0.25) is 17.8 Å². The number of nitrogens with zero attached hydrogens (tertiary/aromatic N) is 3. The Morgan fingerprint density at radius 2 is 1.78 bits per heavy atom. The highest BCUT2D eigenvalue weighted by molar-refractivity contribution is 7.99. The summed E-state index contributed by atoms with van der Waals surface area (Å²) >= 11 is 1.12. The topological polar surface area (TPSA) is 106 Å². The number of thioether (sulfide) groups is 1. The van der Waals surface area contributed by atoms with E-state index in [1.54, 1.807) is 6.92 Å². The van der Waals surface area contributed by atoms with Gasteiger partial charge in [-0.05, 0) is 43.3 Å². The lowest BCUT2D eigenvalue weighted by atomic mass is 10.1. The van der Waals surface area contributed by atoms with Crippen molar-refractivity contribution in [2.24, 2.45) is 0 Å². The van der Waals surface area contributed by atoms with Crippen LogP contribution >= 0.6 is 11.8 Å². The number of nitrogens with one attached hydrogen (secondary N) is 2. The monoisotopic (exact) mass is 466 g/mol. The molecular weight excluding hydrogens is 448 g/mol. The summed E-state index contributed by atoms with van der Waals surface area (Å²) in [5, 5.41) is 4.48. The molecule has 1 amide bonds. The van der Waals surface area contributed by atoms with Crippen molar-refractivity contribution in [1.82, 2.24) is 15.0 Å². The van der Waals surface area contributed by atoms with Gasteiger partial charge < -0.3 is 16.4 Å². The molecule has 4 N–H and O–H groups in total. The molecule has 0 aliphatic heterocycles. The Labute approximate surface area is 184 Å². The Morgan fingerprint density at radius 1 is 1.09 bits per heavy atom. The lowest BCUT2D eigenvalue weighted by Crippen LogP contribution is -2.24. The van der Waals surface area contributed by atoms with Crippen LogP contribution in [-0.4, -0.2) is 26.1 Å². The largest absolute Gasteiger partial charge is 0.418 e. The summed E-state index contributed by atoms with van der Waals surface area (Å²) in [5.74, 6) is -0.499. The minimum atomic E-state index is -4.59. The summed E-state index contributed by atoms with van der Waals surface area (Å²) in [6.07, 6.45) is -4.59. The van der Waals surface area contributed by atoms with E-state index in [1.165, 1.54) is 42.5 Å². The molecule has 12 heteroatoms. The summed E-state index contributed by atoms with van der Waals surface area (Å²) in [6, 6.07) is 10.3. The predicted octanol–water partition coefficient (Wildman–Crippen LogP) is 4.62. The van der Waals surface area contributed by atoms with Crippen molar-refractivity contribution < 1.29 is 22.4 Å². The Hall–Kier alpha value is -3.41. The third-order valence-corrected chi connectivity index (χ3v) is 5.26. The van der Waals surface area contributed by atoms with Gasteiger partial charge in [0.25, 0.3) is 0 Å². The van der Waals surface area contributed by atoms with Crippen LogP contribution in [0.15, 0.2) is 48.5 Å². The first-order valence-electron chi connectivity index (χ1n) is 9.23. The fourth-order valence-corrected chi connectivity index (χ4v) is 3.31. The van der Waals surface area contributed by atoms with Gasteiger partial charge >= 0.3 is 6.18 Å². The van der Waals surface area contributed by atoms with Crippen molar-refractivity contribution in [3.8, 4) is 0 Å². The number of anilines is 4. The van der Waals surface area contributed by atoms with Crippen LogP contribution in [0.2, 0.25) is 0 Å². The van der Waals surface area contributed by atoms with Crippen molar-refractivity contribution in [2.75, 3.05) is 16.4 Å². The maximum absolute atomic E-state index is 13.1. The minimum Gasteiger partial charge on any atom is -0.368 e. The molecule has 3 rings (SSSR count). The van der Waals surface area contributed by atoms with Gasteiger partial charge in [0.15, 0.2) is 0 Å². The van der Waals surface area contributed by atoms with E-state index in [4.69, 9.17) is 5.73 Å². The van der Waals surface area contributed by atoms with E-state index in [2.05, 4.69) is 25.6 Å². The Balaban J connectivity index is 1.63. The Bertz CT molecular complexity index is 1090. The molecule has 0 fully saturated rings. The molecule has 2 aromatic carbocycles. The van der Waals surface area contributed by atoms with Crippen molar-refractivity contribution in [3.05, 3.63) is 65.7 Å². The van der Waals surface area contributed by atoms with E-state index in [0.717, 1.165) is 17.8 Å². The SMILES string of the molecule is CC(SCc1nc(N)nc(Nc2ccc(F)cc2)n1)C(=O)Nc1ccccc1C(F)(F)F. The highest BCUT2D eigenvalue weighted by Crippen LogP contribution is 2.34. The summed E-state index contributed by atoms with van der Waals surface area (Å²) in [7, 11) is 0. The van der Waals surface area contributed by atoms with Crippen LogP contribution in [0.25, 0.3) is 0 Å². The zero-order chi connectivity index (χ0) is 23.3. The number of hydrogen-bond donors (Lipinski definition) is 3. The summed E-state index contributed by atoms with van der Waals surface area (Å²) < 4.78 is 52.3. The molecule has 32 heavy (non-hydrogen) atoms. The third kappa shape index (κ3) is 6.30. The van der Waals surface area contributed by atoms with Crippen LogP contribution < -0.4 is 16.4 Å². The molecule has 168 valence electrons. The molecular formula is C20H18F4N6OS. The van der Waals surface area contributed by atoms with Gasteiger partial charge in [-0.25, -0.2) is 4.39 Å². The molecule has 1 atom stereocenters. The van der Waals surface area contributed by atoms with E-state index >= 15 is 0 Å². The molecule has 0 spiro atoms. The number of halogens is 4. The lowest BCUT2D eigenvalue weighted by molar-refractivity contribution is -0.137. The van der Waals surface area contributed by atoms with Crippen LogP contribution in [0.4, 0.5) is 40.8 Å². The molecule has 1 aromatic heterocycles. The van der Waals surface area contributed by atoms with Gasteiger partial charge in [0.1, 0.15) is 11.6 Å². The number of hydrogen-bond acceptors (Lipinski definition) is 7. The van der Waals surface area contributed by atoms with Crippen LogP contribution in [0.3, 0.4) is 0 Å². The summed E-state index contributed by atoms with van der Waals surface area (Å²) in [6.45, 7) is 1.55. The number of alkyl halides is 3. The smallest absolute Gasteiger partial charge is 0.368 e. The van der Waals surface area contributed by atoms with Crippen LogP contribution in [0.5, 0.6) is 0 Å². The van der Waals surface area contributed by atoms with Crippen molar-refractivity contribution in [2.45, 2.75) is 24.1 Å². The van der Waals surface area contributed by atoms with Gasteiger partial charge in [-0.2, -0.15) is 28.1 Å². The molecule has 0 radical (unpaired) electrons. The number of carbonyl (C=O) groups is 1. The number of rotatable bonds is 7. The van der Waals surface area contributed by atoms with Crippen molar-refractivity contribution in [3.63, 3.8) is 0 Å². The number of amides is 1. The highest BCUT2D eigenvalue weighted by Gasteiger charge is 2.33. The van der Waals surface area contributed by atoms with E-state index in [9.17, 15) is 22.4 Å². The molecule has 0 aliphatic rings. The maximum atomic E-state index is 13.1. The van der Waals surface area contributed by atoms with Gasteiger partial charge in [-0.15, -0.1) is 11.8 Å². The molecule has 7 nitrogen and oxygen atoms in total. The normalized spacial score (nSPS) is 12.3. The number of nitrogen functional groups attached to an aromatic ring is 1. The van der Waals surface area contributed by atoms with Crippen molar-refractivity contribution in [1.29, 1.82) is 0 Å². The fourth-order valence-electron chi connectivity index (χ4n) is 2.57. The molecule has 3 aromatic rings. The molecule has 0 saturated carbocycles. The third-order valence-electron chi connectivity index (χ3n) is 4.12. The van der Waals surface area contributed by atoms with E-state index in [1.807, 2.05) is 0 Å². The summed E-state index contributed by atoms with van der Waals surface area (Å²) in [4.78, 5) is 24.6. The zero-order valence-corrected chi connectivity index (χ0v) is 17.5. The van der Waals surface area contributed by atoms with Crippen LogP contribution in [0.1, 0.15) is 18.3 Å². The van der Waals surface area contributed by atoms with E-state index in [-0.39, 0.29) is 29.2 Å². The van der Waals surface area contributed by atoms with Gasteiger partial charge in [-0.3, -0.25) is 4.79 Å². The van der Waals surface area contributed by atoms with Gasteiger partial charge in [0, 0.05) is 5.69 Å². The number of nitrogens with two attached hydrogens (primary N) is 1. The average Bonchev–Trinajstić information content (AvgIpc) is 2.73. The number of para-hydroxylation sites is 1. The highest BCUT2D eigenvalue weighted by atomic mass is 32.2. The first-order valence-corrected chi connectivity index (χ1v) is 10.3. The number of benzene rings is 2. The van der Waals surface area contributed by atoms with Crippen LogP contribution in [0, 0.1) is 5.82 Å². The first-order chi connectivity index (χ1) is 15.1. The molecule has 0 saturated heterocycles. The maximum Gasteiger partial charge on any atom is 0.418 e. The Morgan fingerprint density at radius 3 is 2.47 bits per heavy atom. The first kappa shape index (κ1) is 23.3. The molecule has 0 bridgehead atoms. The van der Waals surface area contributed by atoms with E-state index < -0.39 is 28.7 Å². The predicted molar refractivity (Wildman–Crippen MR) is 115 cm³/mol. The quantitative estimate of drug-likeness (QED) is 0.437. The second kappa shape index (κ2) is 9.81. The average molecular weight is 466 g/mol. The van der Waals surface area contributed by atoms with E-state index in [0.29, 0.717) is 5.69 Å². The minimum absolute atomic E-state index is 0.0589. The van der Waals surface area contributed by atoms with Crippen molar-refractivity contribution >= 4 is 40.9 Å². The second-order valence-electron chi connectivity index (χ2n) is 6.55. The standard InChI is InChI=1S/C20H18F4N6OS/c1-11(17(31)27-15-5-3-2-4-14(15)20(22,23)24)32-10-16-28-18(25)30-19(29-16)26-13-8-6-12(21)7-9-13/h2-9,11H,10H2,1H3,(H,27,31)(H3,25,26,28,29,30). The van der Waals surface area contributed by atoms with Gasteiger partial charge in [0.05, 0.1) is 22.3 Å². The molecule has 1 heterocycles. The molecule has 0 aliphatic carbocycles. The van der Waals surface area contributed by atoms with Gasteiger partial charge in [-0.1, -0.05) is 12.1 Å².